The monoisotopic (exact) mass is 363 g/mol. The number of carboxylic acids is 1. The smallest absolute Gasteiger partial charge is 0.341 e. The number of carbonyl (C=O) groups is 2. The largest absolute Gasteiger partial charge is 0.545 e. The number of esters is 1. The first-order chi connectivity index (χ1) is 13.0. The molecule has 0 aliphatic rings. The molecule has 0 saturated carbocycles. The van der Waals surface area contributed by atoms with Gasteiger partial charge in [0.05, 0.1) is 23.8 Å². The third-order valence-corrected chi connectivity index (χ3v) is 4.22. The highest BCUT2D eigenvalue weighted by Gasteiger charge is 2.18. The number of aromatic carboxylic acids is 1. The maximum Gasteiger partial charge on any atom is 0.341 e. The van der Waals surface area contributed by atoms with Crippen LogP contribution in [0.2, 0.25) is 0 Å². The minimum absolute atomic E-state index is 0.0466. The Labute approximate surface area is 156 Å². The molecular formula is C21H19N2O4-. The fourth-order valence-corrected chi connectivity index (χ4v) is 2.94. The van der Waals surface area contributed by atoms with E-state index in [0.717, 1.165) is 22.9 Å². The van der Waals surface area contributed by atoms with Crippen LogP contribution in [-0.4, -0.2) is 23.5 Å². The van der Waals surface area contributed by atoms with Crippen LogP contribution >= 0.6 is 0 Å². The van der Waals surface area contributed by atoms with Gasteiger partial charge in [-0.05, 0) is 36.6 Å². The lowest BCUT2D eigenvalue weighted by atomic mass is 10.0. The maximum absolute atomic E-state index is 12.4. The highest BCUT2D eigenvalue weighted by atomic mass is 16.5. The first kappa shape index (κ1) is 18.4. The van der Waals surface area contributed by atoms with Gasteiger partial charge in [-0.1, -0.05) is 37.3 Å². The zero-order valence-electron chi connectivity index (χ0n) is 15.1. The number of carbonyl (C=O) groups excluding carboxylic acids is 2. The van der Waals surface area contributed by atoms with E-state index in [4.69, 9.17) is 4.74 Å². The van der Waals surface area contributed by atoms with Gasteiger partial charge in [0.1, 0.15) is 5.56 Å². The Morgan fingerprint density at radius 1 is 1.15 bits per heavy atom. The Morgan fingerprint density at radius 2 is 1.93 bits per heavy atom. The normalized spacial score (nSPS) is 10.6. The third-order valence-electron chi connectivity index (χ3n) is 4.22. The molecule has 0 spiro atoms. The van der Waals surface area contributed by atoms with E-state index in [-0.39, 0.29) is 17.7 Å². The average molecular weight is 363 g/mol. The summed E-state index contributed by atoms with van der Waals surface area (Å²) < 4.78 is 5.15. The summed E-state index contributed by atoms with van der Waals surface area (Å²) in [5, 5.41) is 15.1. The van der Waals surface area contributed by atoms with Gasteiger partial charge in [0, 0.05) is 17.3 Å². The van der Waals surface area contributed by atoms with Crippen LogP contribution in [0.15, 0.2) is 48.7 Å². The van der Waals surface area contributed by atoms with Crippen molar-refractivity contribution in [2.45, 2.75) is 20.3 Å². The molecule has 0 unspecified atom stereocenters. The number of rotatable bonds is 6. The standard InChI is InChI=1S/C21H20N2O4/c1-3-13-7-6-10-16-18(13)22-12-17(21(26)27-4-2)19(16)23-15-9-5-8-14(11-15)20(24)25/h5-12H,3-4H2,1-2H3,(H,22,23)(H,24,25)/p-1. The number of anilines is 2. The molecule has 0 radical (unpaired) electrons. The average Bonchev–Trinajstić information content (AvgIpc) is 2.68. The van der Waals surface area contributed by atoms with E-state index in [1.54, 1.807) is 19.1 Å². The number of benzene rings is 2. The molecule has 0 fully saturated rings. The highest BCUT2D eigenvalue weighted by Crippen LogP contribution is 2.31. The summed E-state index contributed by atoms with van der Waals surface area (Å²) in [5.41, 5.74) is 3.23. The Morgan fingerprint density at radius 3 is 2.63 bits per heavy atom. The zero-order valence-corrected chi connectivity index (χ0v) is 15.1. The van der Waals surface area contributed by atoms with Gasteiger partial charge in [0.15, 0.2) is 0 Å². The van der Waals surface area contributed by atoms with Gasteiger partial charge in [0.25, 0.3) is 0 Å². The number of carboxylic acid groups (broad SMARTS) is 1. The third kappa shape index (κ3) is 3.74. The molecule has 1 N–H and O–H groups in total. The van der Waals surface area contributed by atoms with Crippen LogP contribution in [0.25, 0.3) is 10.9 Å². The van der Waals surface area contributed by atoms with Gasteiger partial charge in [0.2, 0.25) is 0 Å². The zero-order chi connectivity index (χ0) is 19.4. The summed E-state index contributed by atoms with van der Waals surface area (Å²) in [5.74, 6) is -1.76. The quantitative estimate of drug-likeness (QED) is 0.677. The molecule has 6 heteroatoms. The van der Waals surface area contributed by atoms with Crippen molar-refractivity contribution in [1.82, 2.24) is 4.98 Å². The molecule has 3 aromatic rings. The number of hydrogen-bond acceptors (Lipinski definition) is 6. The van der Waals surface area contributed by atoms with E-state index >= 15 is 0 Å². The summed E-state index contributed by atoms with van der Waals surface area (Å²) >= 11 is 0. The van der Waals surface area contributed by atoms with Crippen molar-refractivity contribution in [2.24, 2.45) is 0 Å². The van der Waals surface area contributed by atoms with Gasteiger partial charge in [-0.2, -0.15) is 0 Å². The molecule has 0 amide bonds. The first-order valence-electron chi connectivity index (χ1n) is 8.71. The molecule has 0 saturated heterocycles. The van der Waals surface area contributed by atoms with Crippen LogP contribution in [-0.2, 0) is 11.2 Å². The molecule has 138 valence electrons. The van der Waals surface area contributed by atoms with E-state index < -0.39 is 11.9 Å². The minimum Gasteiger partial charge on any atom is -0.545 e. The van der Waals surface area contributed by atoms with Crippen molar-refractivity contribution in [1.29, 1.82) is 0 Å². The fraction of sp³-hybridized carbons (Fsp3) is 0.190. The summed E-state index contributed by atoms with van der Waals surface area (Å²) in [6.45, 7) is 4.01. The lowest BCUT2D eigenvalue weighted by molar-refractivity contribution is -0.255. The number of pyridine rings is 1. The molecule has 2 aromatic carbocycles. The molecule has 27 heavy (non-hydrogen) atoms. The van der Waals surface area contributed by atoms with Gasteiger partial charge >= 0.3 is 5.97 Å². The Bertz CT molecular complexity index is 1010. The number of nitrogens with one attached hydrogen (secondary N) is 1. The second-order valence-corrected chi connectivity index (χ2v) is 5.93. The molecule has 6 nitrogen and oxygen atoms in total. The molecule has 1 aromatic heterocycles. The van der Waals surface area contributed by atoms with E-state index in [0.29, 0.717) is 11.4 Å². The second-order valence-electron chi connectivity index (χ2n) is 5.93. The molecule has 1 heterocycles. The van der Waals surface area contributed by atoms with Crippen LogP contribution in [0.1, 0.15) is 40.1 Å². The van der Waals surface area contributed by atoms with Crippen LogP contribution in [0.3, 0.4) is 0 Å². The van der Waals surface area contributed by atoms with Crippen molar-refractivity contribution in [2.75, 3.05) is 11.9 Å². The fourth-order valence-electron chi connectivity index (χ4n) is 2.94. The number of para-hydroxylation sites is 1. The van der Waals surface area contributed by atoms with Crippen molar-refractivity contribution in [3.8, 4) is 0 Å². The molecule has 0 aliphatic heterocycles. The minimum atomic E-state index is -1.27. The first-order valence-corrected chi connectivity index (χ1v) is 8.71. The van der Waals surface area contributed by atoms with Gasteiger partial charge < -0.3 is 20.0 Å². The second kappa shape index (κ2) is 7.86. The van der Waals surface area contributed by atoms with E-state index in [1.807, 2.05) is 25.1 Å². The molecular weight excluding hydrogens is 344 g/mol. The van der Waals surface area contributed by atoms with Crippen LogP contribution in [0.5, 0.6) is 0 Å². The van der Waals surface area contributed by atoms with Gasteiger partial charge in [-0.25, -0.2) is 4.79 Å². The summed E-state index contributed by atoms with van der Waals surface area (Å²) in [7, 11) is 0. The van der Waals surface area contributed by atoms with Gasteiger partial charge in [-0.15, -0.1) is 0 Å². The Hall–Kier alpha value is -3.41. The Kier molecular flexibility index (Phi) is 5.35. The molecule has 0 atom stereocenters. The molecule has 3 rings (SSSR count). The predicted octanol–water partition coefficient (Wildman–Crippen LogP) is 3.08. The van der Waals surface area contributed by atoms with E-state index in [2.05, 4.69) is 10.3 Å². The number of aromatic nitrogens is 1. The van der Waals surface area contributed by atoms with Crippen molar-refractivity contribution < 1.29 is 19.4 Å². The van der Waals surface area contributed by atoms with Crippen LogP contribution in [0.4, 0.5) is 11.4 Å². The van der Waals surface area contributed by atoms with Crippen LogP contribution in [0, 0.1) is 0 Å². The predicted molar refractivity (Wildman–Crippen MR) is 101 cm³/mol. The summed E-state index contributed by atoms with van der Waals surface area (Å²) in [6.07, 6.45) is 2.28. The number of ether oxygens (including phenoxy) is 1. The number of aryl methyl sites for hydroxylation is 1. The topological polar surface area (TPSA) is 91.3 Å². The Balaban J connectivity index is 2.18. The summed E-state index contributed by atoms with van der Waals surface area (Å²) in [4.78, 5) is 28.0. The lowest BCUT2D eigenvalue weighted by Gasteiger charge is -2.16. The lowest BCUT2D eigenvalue weighted by Crippen LogP contribution is -2.22. The number of nitrogens with zero attached hydrogens (tertiary/aromatic N) is 1. The maximum atomic E-state index is 12.4. The number of hydrogen-bond donors (Lipinski definition) is 1. The van der Waals surface area contributed by atoms with E-state index in [9.17, 15) is 14.7 Å². The molecule has 0 bridgehead atoms. The SMILES string of the molecule is CCOC(=O)c1cnc2c(CC)cccc2c1Nc1cccc(C(=O)[O-])c1. The summed E-state index contributed by atoms with van der Waals surface area (Å²) in [6, 6.07) is 12.0. The van der Waals surface area contributed by atoms with Gasteiger partial charge in [-0.3, -0.25) is 4.98 Å². The molecule has 0 aliphatic carbocycles. The van der Waals surface area contributed by atoms with Crippen LogP contribution < -0.4 is 10.4 Å². The van der Waals surface area contributed by atoms with Crippen molar-refractivity contribution in [3.05, 3.63) is 65.4 Å². The van der Waals surface area contributed by atoms with Crippen molar-refractivity contribution in [3.63, 3.8) is 0 Å². The number of fused-ring (bicyclic) bond motifs is 1. The van der Waals surface area contributed by atoms with Crippen molar-refractivity contribution >= 4 is 34.2 Å². The van der Waals surface area contributed by atoms with E-state index in [1.165, 1.54) is 18.3 Å². The highest BCUT2D eigenvalue weighted by molar-refractivity contribution is 6.06.